The second-order valence-electron chi connectivity index (χ2n) is 3.84. The largest absolute Gasteiger partial charge is 0.457 e. The first-order chi connectivity index (χ1) is 8.69. The van der Waals surface area contributed by atoms with Crippen LogP contribution in [0.3, 0.4) is 0 Å². The van der Waals surface area contributed by atoms with Gasteiger partial charge in [-0.3, -0.25) is 0 Å². The van der Waals surface area contributed by atoms with Crippen molar-refractivity contribution in [3.05, 3.63) is 57.5 Å². The maximum absolute atomic E-state index is 5.94. The number of nitrogens with one attached hydrogen (secondary N) is 1. The van der Waals surface area contributed by atoms with Crippen molar-refractivity contribution in [3.8, 4) is 11.5 Å². The van der Waals surface area contributed by atoms with E-state index in [1.807, 2.05) is 43.4 Å². The van der Waals surface area contributed by atoms with E-state index in [4.69, 9.17) is 16.3 Å². The van der Waals surface area contributed by atoms with Crippen LogP contribution in [0, 0.1) is 0 Å². The minimum Gasteiger partial charge on any atom is -0.457 e. The van der Waals surface area contributed by atoms with Gasteiger partial charge < -0.3 is 10.1 Å². The molecule has 0 aliphatic heterocycles. The normalized spacial score (nSPS) is 10.4. The smallest absolute Gasteiger partial charge is 0.133 e. The molecular formula is C14H13BrClNO. The Morgan fingerprint density at radius 1 is 1.22 bits per heavy atom. The van der Waals surface area contributed by atoms with Crippen molar-refractivity contribution in [3.63, 3.8) is 0 Å². The van der Waals surface area contributed by atoms with Gasteiger partial charge in [0.15, 0.2) is 0 Å². The van der Waals surface area contributed by atoms with Gasteiger partial charge in [-0.05, 0) is 37.4 Å². The van der Waals surface area contributed by atoms with E-state index in [1.54, 1.807) is 6.07 Å². The number of rotatable bonds is 4. The van der Waals surface area contributed by atoms with Crippen LogP contribution in [0.25, 0.3) is 0 Å². The number of hydrogen-bond acceptors (Lipinski definition) is 2. The minimum atomic E-state index is 0.665. The highest BCUT2D eigenvalue weighted by Crippen LogP contribution is 2.29. The maximum Gasteiger partial charge on any atom is 0.133 e. The molecule has 0 spiro atoms. The van der Waals surface area contributed by atoms with Crippen LogP contribution in [0.15, 0.2) is 46.9 Å². The number of benzene rings is 2. The van der Waals surface area contributed by atoms with Gasteiger partial charge in [0.05, 0.1) is 0 Å². The maximum atomic E-state index is 5.94. The highest BCUT2D eigenvalue weighted by atomic mass is 79.9. The minimum absolute atomic E-state index is 0.665. The van der Waals surface area contributed by atoms with E-state index in [0.29, 0.717) is 5.02 Å². The molecule has 0 atom stereocenters. The molecule has 2 nitrogen and oxygen atoms in total. The van der Waals surface area contributed by atoms with Crippen LogP contribution in [0.2, 0.25) is 5.02 Å². The molecule has 0 heterocycles. The molecule has 0 unspecified atom stereocenters. The fraction of sp³-hybridized carbons (Fsp3) is 0.143. The molecule has 1 N–H and O–H groups in total. The summed E-state index contributed by atoms with van der Waals surface area (Å²) in [4.78, 5) is 0. The molecule has 0 saturated heterocycles. The lowest BCUT2D eigenvalue weighted by Gasteiger charge is -2.11. The van der Waals surface area contributed by atoms with Crippen molar-refractivity contribution in [1.29, 1.82) is 0 Å². The third-order valence-electron chi connectivity index (χ3n) is 2.42. The van der Waals surface area contributed by atoms with E-state index in [9.17, 15) is 0 Å². The Bertz CT molecular complexity index is 545. The molecule has 0 saturated carbocycles. The van der Waals surface area contributed by atoms with Gasteiger partial charge in [0, 0.05) is 21.6 Å². The zero-order valence-corrected chi connectivity index (χ0v) is 12.3. The molecule has 4 heteroatoms. The van der Waals surface area contributed by atoms with Crippen LogP contribution >= 0.6 is 27.5 Å². The zero-order valence-electron chi connectivity index (χ0n) is 9.91. The Balaban J connectivity index is 2.29. The molecule has 94 valence electrons. The molecule has 0 amide bonds. The summed E-state index contributed by atoms with van der Waals surface area (Å²) in [6.45, 7) is 0.753. The first kappa shape index (κ1) is 13.4. The van der Waals surface area contributed by atoms with Crippen molar-refractivity contribution < 1.29 is 4.74 Å². The van der Waals surface area contributed by atoms with Gasteiger partial charge in [-0.15, -0.1) is 0 Å². The van der Waals surface area contributed by atoms with E-state index < -0.39 is 0 Å². The zero-order chi connectivity index (χ0) is 13.0. The van der Waals surface area contributed by atoms with Crippen LogP contribution in [0.5, 0.6) is 11.5 Å². The van der Waals surface area contributed by atoms with Crippen LogP contribution in [0.1, 0.15) is 5.56 Å². The van der Waals surface area contributed by atoms with Crippen molar-refractivity contribution in [2.45, 2.75) is 6.54 Å². The van der Waals surface area contributed by atoms with Crippen LogP contribution in [-0.2, 0) is 6.54 Å². The Labute approximate surface area is 120 Å². The highest BCUT2D eigenvalue weighted by Gasteiger charge is 2.05. The van der Waals surface area contributed by atoms with E-state index in [2.05, 4.69) is 21.2 Å². The fourth-order valence-electron chi connectivity index (χ4n) is 1.62. The number of ether oxygens (including phenoxy) is 1. The molecule has 0 radical (unpaired) electrons. The van der Waals surface area contributed by atoms with E-state index >= 15 is 0 Å². The summed E-state index contributed by atoms with van der Waals surface area (Å²) < 4.78 is 6.85. The number of halogens is 2. The molecule has 0 fully saturated rings. The Kier molecular flexibility index (Phi) is 4.64. The van der Waals surface area contributed by atoms with Gasteiger partial charge in [-0.1, -0.05) is 39.7 Å². The highest BCUT2D eigenvalue weighted by molar-refractivity contribution is 9.10. The van der Waals surface area contributed by atoms with Gasteiger partial charge in [0.25, 0.3) is 0 Å². The summed E-state index contributed by atoms with van der Waals surface area (Å²) in [6.07, 6.45) is 0. The average Bonchev–Trinajstić information content (AvgIpc) is 2.33. The van der Waals surface area contributed by atoms with Gasteiger partial charge in [0.2, 0.25) is 0 Å². The SMILES string of the molecule is CNCc1ccc(Br)cc1Oc1cccc(Cl)c1. The van der Waals surface area contributed by atoms with Crippen molar-refractivity contribution in [1.82, 2.24) is 5.32 Å². The standard InChI is InChI=1S/C14H13BrClNO/c1-17-9-10-5-6-11(15)7-14(10)18-13-4-2-3-12(16)8-13/h2-8,17H,9H2,1H3. The lowest BCUT2D eigenvalue weighted by atomic mass is 10.2. The Hall–Kier alpha value is -1.03. The van der Waals surface area contributed by atoms with Crippen molar-refractivity contribution in [2.75, 3.05) is 7.05 Å². The summed E-state index contributed by atoms with van der Waals surface area (Å²) in [5, 5.41) is 3.78. The summed E-state index contributed by atoms with van der Waals surface area (Å²) in [6, 6.07) is 13.4. The lowest BCUT2D eigenvalue weighted by Crippen LogP contribution is -2.06. The third kappa shape index (κ3) is 3.48. The van der Waals surface area contributed by atoms with Gasteiger partial charge in [-0.2, -0.15) is 0 Å². The monoisotopic (exact) mass is 325 g/mol. The molecule has 0 aliphatic carbocycles. The molecule has 0 aliphatic rings. The first-order valence-electron chi connectivity index (χ1n) is 5.55. The fourth-order valence-corrected chi connectivity index (χ4v) is 2.14. The van der Waals surface area contributed by atoms with Gasteiger partial charge in [-0.25, -0.2) is 0 Å². The van der Waals surface area contributed by atoms with Crippen LogP contribution in [0.4, 0.5) is 0 Å². The van der Waals surface area contributed by atoms with Gasteiger partial charge in [0.1, 0.15) is 11.5 Å². The average molecular weight is 327 g/mol. The first-order valence-corrected chi connectivity index (χ1v) is 6.72. The quantitative estimate of drug-likeness (QED) is 0.885. The van der Waals surface area contributed by atoms with E-state index in [1.165, 1.54) is 0 Å². The number of hydrogen-bond donors (Lipinski definition) is 1. The summed E-state index contributed by atoms with van der Waals surface area (Å²) in [5.41, 5.74) is 1.10. The van der Waals surface area contributed by atoms with Crippen LogP contribution in [-0.4, -0.2) is 7.05 Å². The molecular weight excluding hydrogens is 314 g/mol. The second-order valence-corrected chi connectivity index (χ2v) is 5.19. The molecule has 18 heavy (non-hydrogen) atoms. The van der Waals surface area contributed by atoms with E-state index in [0.717, 1.165) is 28.1 Å². The molecule has 2 rings (SSSR count). The Morgan fingerprint density at radius 2 is 2.06 bits per heavy atom. The molecule has 0 aromatic heterocycles. The lowest BCUT2D eigenvalue weighted by molar-refractivity contribution is 0.474. The van der Waals surface area contributed by atoms with Gasteiger partial charge >= 0.3 is 0 Å². The summed E-state index contributed by atoms with van der Waals surface area (Å²) in [5.74, 6) is 1.55. The molecule has 2 aromatic rings. The second kappa shape index (κ2) is 6.23. The molecule has 0 bridgehead atoms. The third-order valence-corrected chi connectivity index (χ3v) is 3.15. The van der Waals surface area contributed by atoms with Crippen molar-refractivity contribution >= 4 is 27.5 Å². The predicted octanol–water partition coefficient (Wildman–Crippen LogP) is 4.61. The Morgan fingerprint density at radius 3 is 2.78 bits per heavy atom. The van der Waals surface area contributed by atoms with Crippen LogP contribution < -0.4 is 10.1 Å². The molecule has 2 aromatic carbocycles. The van der Waals surface area contributed by atoms with E-state index in [-0.39, 0.29) is 0 Å². The predicted molar refractivity (Wildman–Crippen MR) is 78.4 cm³/mol. The summed E-state index contributed by atoms with van der Waals surface area (Å²) in [7, 11) is 1.91. The topological polar surface area (TPSA) is 21.3 Å². The van der Waals surface area contributed by atoms with Crippen molar-refractivity contribution in [2.24, 2.45) is 0 Å². The summed E-state index contributed by atoms with van der Waals surface area (Å²) >= 11 is 9.39.